The van der Waals surface area contributed by atoms with Crippen molar-refractivity contribution in [1.29, 1.82) is 0 Å². The third kappa shape index (κ3) is 3.04. The van der Waals surface area contributed by atoms with Gasteiger partial charge in [-0.3, -0.25) is 0 Å². The van der Waals surface area contributed by atoms with Crippen LogP contribution in [-0.2, 0) is 4.74 Å². The molecule has 2 heterocycles. The molecule has 2 aromatic carbocycles. The maximum Gasteiger partial charge on any atom is 0.337 e. The van der Waals surface area contributed by atoms with Gasteiger partial charge in [-0.2, -0.15) is 0 Å². The highest BCUT2D eigenvalue weighted by atomic mass is 35.5. The molecule has 132 valence electrons. The summed E-state index contributed by atoms with van der Waals surface area (Å²) in [6, 6.07) is 10.8. The smallest absolute Gasteiger partial charge is 0.337 e. The molecule has 1 N–H and O–H groups in total. The zero-order valence-corrected chi connectivity index (χ0v) is 14.8. The molecule has 1 aliphatic rings. The lowest BCUT2D eigenvalue weighted by Crippen LogP contribution is -2.21. The average Bonchev–Trinajstić information content (AvgIpc) is 2.67. The Morgan fingerprint density at radius 2 is 2.15 bits per heavy atom. The number of ether oxygens (including phenoxy) is 2. The van der Waals surface area contributed by atoms with E-state index >= 15 is 0 Å². The van der Waals surface area contributed by atoms with Crippen LogP contribution in [0.3, 0.4) is 0 Å². The highest BCUT2D eigenvalue weighted by molar-refractivity contribution is 6.30. The molecule has 0 radical (unpaired) electrons. The molecule has 1 aliphatic heterocycles. The van der Waals surface area contributed by atoms with Gasteiger partial charge in [-0.1, -0.05) is 11.6 Å². The Labute approximate surface area is 155 Å². The van der Waals surface area contributed by atoms with Crippen molar-refractivity contribution in [3.8, 4) is 5.75 Å². The van der Waals surface area contributed by atoms with Crippen molar-refractivity contribution in [1.82, 2.24) is 9.97 Å². The summed E-state index contributed by atoms with van der Waals surface area (Å²) in [6.07, 6.45) is 2.27. The molecule has 0 aliphatic carbocycles. The van der Waals surface area contributed by atoms with Crippen molar-refractivity contribution in [2.45, 2.75) is 12.5 Å². The van der Waals surface area contributed by atoms with Gasteiger partial charge < -0.3 is 14.8 Å². The van der Waals surface area contributed by atoms with Crippen molar-refractivity contribution >= 4 is 34.3 Å². The SMILES string of the molecule is COC(=O)c1ccc2ncnc(NC3CCOc4ccc(Cl)cc43)c2c1. The van der Waals surface area contributed by atoms with Crippen molar-refractivity contribution in [2.24, 2.45) is 0 Å². The standard InChI is InChI=1S/C19H16ClN3O3/c1-25-19(24)11-2-4-15-14(8-11)18(22-10-21-15)23-16-6-7-26-17-5-3-12(20)9-13(16)17/h2-5,8-10,16H,6-7H2,1H3,(H,21,22,23). The van der Waals surface area contributed by atoms with Crippen molar-refractivity contribution in [3.05, 3.63) is 58.9 Å². The number of fused-ring (bicyclic) bond motifs is 2. The van der Waals surface area contributed by atoms with E-state index in [2.05, 4.69) is 15.3 Å². The first kappa shape index (κ1) is 16.6. The second-order valence-corrected chi connectivity index (χ2v) is 6.40. The van der Waals surface area contributed by atoms with Crippen LogP contribution >= 0.6 is 11.6 Å². The van der Waals surface area contributed by atoms with Crippen LogP contribution in [0.2, 0.25) is 5.02 Å². The van der Waals surface area contributed by atoms with Gasteiger partial charge in [0.05, 0.1) is 30.8 Å². The number of aromatic nitrogens is 2. The highest BCUT2D eigenvalue weighted by Gasteiger charge is 2.23. The van der Waals surface area contributed by atoms with Gasteiger partial charge in [0.1, 0.15) is 17.9 Å². The number of carbonyl (C=O) groups is 1. The number of rotatable bonds is 3. The minimum Gasteiger partial charge on any atom is -0.493 e. The normalized spacial score (nSPS) is 15.8. The Morgan fingerprint density at radius 1 is 1.27 bits per heavy atom. The molecule has 1 aromatic heterocycles. The second-order valence-electron chi connectivity index (χ2n) is 5.96. The Hall–Kier alpha value is -2.86. The van der Waals surface area contributed by atoms with Crippen LogP contribution in [0.4, 0.5) is 5.82 Å². The molecule has 4 rings (SSSR count). The molecular formula is C19H16ClN3O3. The summed E-state index contributed by atoms with van der Waals surface area (Å²) >= 11 is 6.15. The van der Waals surface area contributed by atoms with Crippen molar-refractivity contribution < 1.29 is 14.3 Å². The molecule has 0 saturated carbocycles. The predicted octanol–water partition coefficient (Wildman–Crippen LogP) is 4.01. The van der Waals surface area contributed by atoms with Gasteiger partial charge in [0, 0.05) is 22.4 Å². The summed E-state index contributed by atoms with van der Waals surface area (Å²) in [5.74, 6) is 1.07. The van der Waals surface area contributed by atoms with E-state index in [1.807, 2.05) is 18.2 Å². The summed E-state index contributed by atoms with van der Waals surface area (Å²) in [5, 5.41) is 4.86. The Bertz CT molecular complexity index is 993. The van der Waals surface area contributed by atoms with E-state index in [1.54, 1.807) is 18.2 Å². The van der Waals surface area contributed by atoms with Gasteiger partial charge >= 0.3 is 5.97 Å². The van der Waals surface area contributed by atoms with E-state index < -0.39 is 5.97 Å². The predicted molar refractivity (Wildman–Crippen MR) is 98.8 cm³/mol. The van der Waals surface area contributed by atoms with Gasteiger partial charge in [0.15, 0.2) is 0 Å². The number of carbonyl (C=O) groups excluding carboxylic acids is 1. The van der Waals surface area contributed by atoms with Gasteiger partial charge in [0.2, 0.25) is 0 Å². The maximum absolute atomic E-state index is 11.8. The van der Waals surface area contributed by atoms with E-state index in [1.165, 1.54) is 13.4 Å². The van der Waals surface area contributed by atoms with Crippen LogP contribution in [-0.4, -0.2) is 29.7 Å². The number of methoxy groups -OCH3 is 1. The Morgan fingerprint density at radius 3 is 3.00 bits per heavy atom. The van der Waals surface area contributed by atoms with Crippen LogP contribution in [0.5, 0.6) is 5.75 Å². The van der Waals surface area contributed by atoms with Gasteiger partial charge in [-0.05, 0) is 36.4 Å². The summed E-state index contributed by atoms with van der Waals surface area (Å²) in [7, 11) is 1.36. The summed E-state index contributed by atoms with van der Waals surface area (Å²) in [6.45, 7) is 0.600. The number of anilines is 1. The number of benzene rings is 2. The fourth-order valence-corrected chi connectivity index (χ4v) is 3.28. The van der Waals surface area contributed by atoms with Gasteiger partial charge in [-0.25, -0.2) is 14.8 Å². The molecule has 0 amide bonds. The van der Waals surface area contributed by atoms with Crippen molar-refractivity contribution in [2.75, 3.05) is 19.0 Å². The summed E-state index contributed by atoms with van der Waals surface area (Å²) in [4.78, 5) is 20.5. The largest absolute Gasteiger partial charge is 0.493 e. The maximum atomic E-state index is 11.8. The number of hydrogen-bond donors (Lipinski definition) is 1. The first-order chi connectivity index (χ1) is 12.7. The molecule has 3 aromatic rings. The summed E-state index contributed by atoms with van der Waals surface area (Å²) < 4.78 is 10.5. The quantitative estimate of drug-likeness (QED) is 0.703. The number of esters is 1. The number of hydrogen-bond acceptors (Lipinski definition) is 6. The zero-order valence-electron chi connectivity index (χ0n) is 14.0. The first-order valence-corrected chi connectivity index (χ1v) is 8.55. The molecule has 0 fully saturated rings. The monoisotopic (exact) mass is 369 g/mol. The second kappa shape index (κ2) is 6.80. The summed E-state index contributed by atoms with van der Waals surface area (Å²) in [5.41, 5.74) is 2.18. The molecule has 6 nitrogen and oxygen atoms in total. The van der Waals surface area contributed by atoms with E-state index in [0.717, 1.165) is 28.6 Å². The minimum atomic E-state index is -0.398. The van der Waals surface area contributed by atoms with Gasteiger partial charge in [0.25, 0.3) is 0 Å². The third-order valence-electron chi connectivity index (χ3n) is 4.38. The topological polar surface area (TPSA) is 73.3 Å². The van der Waals surface area contributed by atoms with E-state index in [-0.39, 0.29) is 6.04 Å². The molecular weight excluding hydrogens is 354 g/mol. The lowest BCUT2D eigenvalue weighted by molar-refractivity contribution is 0.0601. The number of nitrogens with zero attached hydrogens (tertiary/aromatic N) is 2. The Kier molecular flexibility index (Phi) is 4.34. The van der Waals surface area contributed by atoms with E-state index in [9.17, 15) is 4.79 Å². The van der Waals surface area contributed by atoms with Crippen LogP contribution in [0, 0.1) is 0 Å². The van der Waals surface area contributed by atoms with Crippen LogP contribution in [0.15, 0.2) is 42.7 Å². The molecule has 1 unspecified atom stereocenters. The molecule has 1 atom stereocenters. The fourth-order valence-electron chi connectivity index (χ4n) is 3.10. The fraction of sp³-hybridized carbons (Fsp3) is 0.211. The third-order valence-corrected chi connectivity index (χ3v) is 4.61. The number of nitrogens with one attached hydrogen (secondary N) is 1. The minimum absolute atomic E-state index is 0.00247. The number of halogens is 1. The van der Waals surface area contributed by atoms with E-state index in [4.69, 9.17) is 21.1 Å². The molecule has 0 bridgehead atoms. The lowest BCUT2D eigenvalue weighted by Gasteiger charge is -2.27. The van der Waals surface area contributed by atoms with E-state index in [0.29, 0.717) is 23.0 Å². The molecule has 0 saturated heterocycles. The van der Waals surface area contributed by atoms with Crippen molar-refractivity contribution in [3.63, 3.8) is 0 Å². The van der Waals surface area contributed by atoms with Gasteiger partial charge in [-0.15, -0.1) is 0 Å². The molecule has 0 spiro atoms. The average molecular weight is 370 g/mol. The zero-order chi connectivity index (χ0) is 18.1. The Balaban J connectivity index is 1.74. The first-order valence-electron chi connectivity index (χ1n) is 8.17. The molecule has 7 heteroatoms. The highest BCUT2D eigenvalue weighted by Crippen LogP contribution is 2.36. The van der Waals surface area contributed by atoms with Crippen LogP contribution in [0.25, 0.3) is 10.9 Å². The van der Waals surface area contributed by atoms with Crippen LogP contribution < -0.4 is 10.1 Å². The molecule has 26 heavy (non-hydrogen) atoms. The van der Waals surface area contributed by atoms with Crippen LogP contribution in [0.1, 0.15) is 28.4 Å². The lowest BCUT2D eigenvalue weighted by atomic mass is 10.0.